The molecule has 1 heterocycles. The van der Waals surface area contributed by atoms with Crippen molar-refractivity contribution in [1.82, 2.24) is 5.32 Å². The fourth-order valence-corrected chi connectivity index (χ4v) is 1.54. The molecule has 6 heteroatoms. The Morgan fingerprint density at radius 2 is 1.81 bits per heavy atom. The molecule has 0 bridgehead atoms. The summed E-state index contributed by atoms with van der Waals surface area (Å²) in [6.07, 6.45) is -0.414. The molecule has 1 aromatic rings. The molecule has 1 saturated heterocycles. The van der Waals surface area contributed by atoms with E-state index in [1.807, 2.05) is 0 Å². The summed E-state index contributed by atoms with van der Waals surface area (Å²) in [5.74, 6) is -3.80. The lowest BCUT2D eigenvalue weighted by molar-refractivity contribution is 0.0272. The van der Waals surface area contributed by atoms with Gasteiger partial charge >= 0.3 is 0 Å². The van der Waals surface area contributed by atoms with E-state index in [9.17, 15) is 13.2 Å². The Balaban J connectivity index is 0.00000128. The molecule has 2 nitrogen and oxygen atoms in total. The van der Waals surface area contributed by atoms with Crippen LogP contribution in [-0.4, -0.2) is 19.7 Å². The zero-order chi connectivity index (χ0) is 10.8. The van der Waals surface area contributed by atoms with Gasteiger partial charge in [0.15, 0.2) is 17.5 Å². The van der Waals surface area contributed by atoms with Crippen molar-refractivity contribution in [3.63, 3.8) is 0 Å². The zero-order valence-electron chi connectivity index (χ0n) is 8.30. The number of morpholine rings is 1. The fraction of sp³-hybridized carbons (Fsp3) is 0.400. The fourth-order valence-electron chi connectivity index (χ4n) is 1.54. The molecule has 0 radical (unpaired) electrons. The van der Waals surface area contributed by atoms with Crippen molar-refractivity contribution in [3.8, 4) is 0 Å². The first-order valence-electron chi connectivity index (χ1n) is 4.65. The largest absolute Gasteiger partial charge is 0.371 e. The molecule has 16 heavy (non-hydrogen) atoms. The summed E-state index contributed by atoms with van der Waals surface area (Å²) >= 11 is 0. The summed E-state index contributed by atoms with van der Waals surface area (Å²) in [6.45, 7) is 1.67. The normalized spacial score (nSPS) is 20.3. The van der Waals surface area contributed by atoms with Crippen molar-refractivity contribution in [1.29, 1.82) is 0 Å². The van der Waals surface area contributed by atoms with Crippen molar-refractivity contribution in [3.05, 3.63) is 35.1 Å². The van der Waals surface area contributed by atoms with Gasteiger partial charge in [-0.2, -0.15) is 0 Å². The van der Waals surface area contributed by atoms with Crippen LogP contribution in [0, 0.1) is 17.5 Å². The molecule has 0 aromatic heterocycles. The summed E-state index contributed by atoms with van der Waals surface area (Å²) in [5, 5.41) is 3.02. The van der Waals surface area contributed by atoms with Crippen molar-refractivity contribution >= 4 is 12.4 Å². The van der Waals surface area contributed by atoms with Gasteiger partial charge in [-0.25, -0.2) is 13.2 Å². The molecule has 1 fully saturated rings. The van der Waals surface area contributed by atoms with Crippen LogP contribution in [0.4, 0.5) is 13.2 Å². The Kier molecular flexibility index (Phi) is 4.58. The standard InChI is InChI=1S/C10H10F3NO.ClH/c11-7-3-6(4-8(12)10(7)13)9-5-14-1-2-15-9;/h3-4,9,14H,1-2,5H2;1H. The first kappa shape index (κ1) is 13.3. The van der Waals surface area contributed by atoms with Crippen molar-refractivity contribution in [2.24, 2.45) is 0 Å². The molecule has 0 spiro atoms. The van der Waals surface area contributed by atoms with E-state index in [4.69, 9.17) is 4.74 Å². The summed E-state index contributed by atoms with van der Waals surface area (Å²) in [4.78, 5) is 0. The maximum atomic E-state index is 12.9. The Labute approximate surface area is 97.2 Å². The van der Waals surface area contributed by atoms with Gasteiger partial charge in [-0.15, -0.1) is 12.4 Å². The minimum Gasteiger partial charge on any atom is -0.371 e. The van der Waals surface area contributed by atoms with E-state index in [0.717, 1.165) is 12.1 Å². The van der Waals surface area contributed by atoms with Crippen LogP contribution in [0.5, 0.6) is 0 Å². The summed E-state index contributed by atoms with van der Waals surface area (Å²) in [6, 6.07) is 1.94. The van der Waals surface area contributed by atoms with Crippen LogP contribution >= 0.6 is 12.4 Å². The minimum absolute atomic E-state index is 0. The van der Waals surface area contributed by atoms with E-state index in [2.05, 4.69) is 5.32 Å². The van der Waals surface area contributed by atoms with Crippen LogP contribution in [0.1, 0.15) is 11.7 Å². The second-order valence-corrected chi connectivity index (χ2v) is 3.36. The maximum Gasteiger partial charge on any atom is 0.194 e. The van der Waals surface area contributed by atoms with Crippen LogP contribution in [-0.2, 0) is 4.74 Å². The molecule has 90 valence electrons. The molecule has 0 aliphatic carbocycles. The molecular formula is C10H11ClF3NO. The van der Waals surface area contributed by atoms with Gasteiger partial charge in [0.1, 0.15) is 0 Å². The average Bonchev–Trinajstić information content (AvgIpc) is 2.26. The Hall–Kier alpha value is -0.780. The molecular weight excluding hydrogens is 243 g/mol. The molecule has 2 rings (SSSR count). The predicted molar refractivity (Wildman–Crippen MR) is 55.1 cm³/mol. The Bertz CT molecular complexity index is 346. The number of hydrogen-bond donors (Lipinski definition) is 1. The van der Waals surface area contributed by atoms with E-state index >= 15 is 0 Å². The molecule has 0 saturated carbocycles. The molecule has 1 aromatic carbocycles. The van der Waals surface area contributed by atoms with Crippen molar-refractivity contribution in [2.75, 3.05) is 19.7 Å². The molecule has 1 N–H and O–H groups in total. The third-order valence-electron chi connectivity index (χ3n) is 2.31. The lowest BCUT2D eigenvalue weighted by Gasteiger charge is -2.24. The van der Waals surface area contributed by atoms with Gasteiger partial charge in [0, 0.05) is 13.1 Å². The maximum absolute atomic E-state index is 12.9. The van der Waals surface area contributed by atoms with Crippen LogP contribution in [0.15, 0.2) is 12.1 Å². The van der Waals surface area contributed by atoms with E-state index in [1.54, 1.807) is 0 Å². The summed E-state index contributed by atoms with van der Waals surface area (Å²) in [5.41, 5.74) is 0.318. The first-order valence-corrected chi connectivity index (χ1v) is 4.65. The number of benzene rings is 1. The molecule has 1 unspecified atom stereocenters. The highest BCUT2D eigenvalue weighted by Gasteiger charge is 2.19. The van der Waals surface area contributed by atoms with Gasteiger partial charge in [0.05, 0.1) is 12.7 Å². The van der Waals surface area contributed by atoms with E-state index in [1.165, 1.54) is 0 Å². The molecule has 1 atom stereocenters. The van der Waals surface area contributed by atoms with Crippen LogP contribution < -0.4 is 5.32 Å². The number of nitrogens with one attached hydrogen (secondary N) is 1. The van der Waals surface area contributed by atoms with Gasteiger partial charge in [0.2, 0.25) is 0 Å². The van der Waals surface area contributed by atoms with E-state index in [-0.39, 0.29) is 12.4 Å². The zero-order valence-corrected chi connectivity index (χ0v) is 9.12. The smallest absolute Gasteiger partial charge is 0.194 e. The second kappa shape index (κ2) is 5.52. The third-order valence-corrected chi connectivity index (χ3v) is 2.31. The first-order chi connectivity index (χ1) is 7.18. The van der Waals surface area contributed by atoms with E-state index in [0.29, 0.717) is 25.3 Å². The van der Waals surface area contributed by atoms with Gasteiger partial charge in [-0.1, -0.05) is 0 Å². The second-order valence-electron chi connectivity index (χ2n) is 3.36. The Morgan fingerprint density at radius 3 is 2.31 bits per heavy atom. The minimum atomic E-state index is -1.44. The van der Waals surface area contributed by atoms with Gasteiger partial charge in [-0.05, 0) is 17.7 Å². The molecule has 1 aliphatic rings. The molecule has 0 amide bonds. The highest BCUT2D eigenvalue weighted by Crippen LogP contribution is 2.22. The predicted octanol–water partition coefficient (Wildman–Crippen LogP) is 2.19. The SMILES string of the molecule is Cl.Fc1cc(C2CNCCO2)cc(F)c1F. The number of rotatable bonds is 1. The highest BCUT2D eigenvalue weighted by molar-refractivity contribution is 5.85. The van der Waals surface area contributed by atoms with Crippen molar-refractivity contribution < 1.29 is 17.9 Å². The quantitative estimate of drug-likeness (QED) is 0.775. The lowest BCUT2D eigenvalue weighted by Crippen LogP contribution is -2.33. The summed E-state index contributed by atoms with van der Waals surface area (Å²) < 4.78 is 43.8. The topological polar surface area (TPSA) is 21.3 Å². The van der Waals surface area contributed by atoms with Crippen LogP contribution in [0.25, 0.3) is 0 Å². The van der Waals surface area contributed by atoms with E-state index < -0.39 is 23.6 Å². The summed E-state index contributed by atoms with van der Waals surface area (Å²) in [7, 11) is 0. The van der Waals surface area contributed by atoms with Crippen LogP contribution in [0.2, 0.25) is 0 Å². The third kappa shape index (κ3) is 2.66. The number of ether oxygens (including phenoxy) is 1. The highest BCUT2D eigenvalue weighted by atomic mass is 35.5. The van der Waals surface area contributed by atoms with Gasteiger partial charge in [0.25, 0.3) is 0 Å². The Morgan fingerprint density at radius 1 is 1.19 bits per heavy atom. The number of halogens is 4. The number of hydrogen-bond acceptors (Lipinski definition) is 2. The monoisotopic (exact) mass is 253 g/mol. The van der Waals surface area contributed by atoms with Crippen molar-refractivity contribution in [2.45, 2.75) is 6.10 Å². The van der Waals surface area contributed by atoms with Gasteiger partial charge < -0.3 is 10.1 Å². The van der Waals surface area contributed by atoms with Gasteiger partial charge in [-0.3, -0.25) is 0 Å². The van der Waals surface area contributed by atoms with Crippen LogP contribution in [0.3, 0.4) is 0 Å². The average molecular weight is 254 g/mol. The lowest BCUT2D eigenvalue weighted by atomic mass is 10.1. The molecule has 1 aliphatic heterocycles.